The predicted octanol–water partition coefficient (Wildman–Crippen LogP) is 4.67. The van der Waals surface area contributed by atoms with Gasteiger partial charge in [-0.1, -0.05) is 0 Å². The number of nitrogens with one attached hydrogen (secondary N) is 1. The zero-order chi connectivity index (χ0) is 23.1. The summed E-state index contributed by atoms with van der Waals surface area (Å²) in [4.78, 5) is 14.1. The molecule has 0 bridgehead atoms. The molecule has 7 nitrogen and oxygen atoms in total. The number of nitrogens with zero attached hydrogens (tertiary/aromatic N) is 3. The van der Waals surface area contributed by atoms with Gasteiger partial charge in [-0.25, -0.2) is 13.6 Å². The standard InChI is InChI=1S/C24H24F2N4O3/c1-14-3-4-21-22(30(14)24(31)32-2)6-5-20(15-10-28-29(13-15)18-11-27-12-18)23(21)33-19-8-16(25)7-17(26)9-19/h5-10,13-14,18,27H,3-4,11-12H2,1-2H3. The molecule has 1 fully saturated rings. The second kappa shape index (κ2) is 8.47. The second-order valence-electron chi connectivity index (χ2n) is 8.40. The second-order valence-corrected chi connectivity index (χ2v) is 8.40. The maximum atomic E-state index is 13.9. The van der Waals surface area contributed by atoms with Crippen molar-refractivity contribution in [3.05, 3.63) is 59.9 Å². The van der Waals surface area contributed by atoms with E-state index in [1.807, 2.05) is 29.9 Å². The summed E-state index contributed by atoms with van der Waals surface area (Å²) < 4.78 is 40.8. The monoisotopic (exact) mass is 454 g/mol. The van der Waals surface area contributed by atoms with Crippen LogP contribution in [0.1, 0.15) is 24.9 Å². The fraction of sp³-hybridized carbons (Fsp3) is 0.333. The van der Waals surface area contributed by atoms with E-state index < -0.39 is 17.7 Å². The Labute approximate surface area is 189 Å². The lowest BCUT2D eigenvalue weighted by Gasteiger charge is -2.35. The Morgan fingerprint density at radius 2 is 1.94 bits per heavy atom. The number of amides is 1. The van der Waals surface area contributed by atoms with Gasteiger partial charge in [0.25, 0.3) is 0 Å². The summed E-state index contributed by atoms with van der Waals surface area (Å²) in [6.07, 6.45) is 4.54. The molecule has 0 saturated carbocycles. The van der Waals surface area contributed by atoms with E-state index in [9.17, 15) is 13.6 Å². The number of aromatic nitrogens is 2. The average Bonchev–Trinajstić information content (AvgIpc) is 3.20. The molecule has 3 heterocycles. The van der Waals surface area contributed by atoms with Crippen LogP contribution in [0.3, 0.4) is 0 Å². The molecule has 2 aromatic carbocycles. The van der Waals surface area contributed by atoms with Crippen molar-refractivity contribution in [2.45, 2.75) is 31.8 Å². The van der Waals surface area contributed by atoms with Gasteiger partial charge < -0.3 is 14.8 Å². The lowest BCUT2D eigenvalue weighted by Crippen LogP contribution is -2.43. The Bertz CT molecular complexity index is 1190. The number of rotatable bonds is 4. The van der Waals surface area contributed by atoms with Gasteiger partial charge in [-0.2, -0.15) is 5.10 Å². The van der Waals surface area contributed by atoms with Crippen LogP contribution in [-0.2, 0) is 11.2 Å². The van der Waals surface area contributed by atoms with E-state index in [0.717, 1.165) is 48.0 Å². The van der Waals surface area contributed by atoms with E-state index in [4.69, 9.17) is 9.47 Å². The van der Waals surface area contributed by atoms with Crippen molar-refractivity contribution in [3.8, 4) is 22.6 Å². The molecule has 3 aromatic rings. The number of benzene rings is 2. The summed E-state index contributed by atoms with van der Waals surface area (Å²) in [6.45, 7) is 3.65. The van der Waals surface area contributed by atoms with Crippen LogP contribution in [0.2, 0.25) is 0 Å². The maximum Gasteiger partial charge on any atom is 0.414 e. The van der Waals surface area contributed by atoms with Gasteiger partial charge in [-0.3, -0.25) is 9.58 Å². The lowest BCUT2D eigenvalue weighted by molar-refractivity contribution is 0.175. The molecular weight excluding hydrogens is 430 g/mol. The van der Waals surface area contributed by atoms with Crippen LogP contribution in [0, 0.1) is 11.6 Å². The molecule has 0 spiro atoms. The molecule has 1 aromatic heterocycles. The number of carbonyl (C=O) groups excluding carboxylic acids is 1. The molecule has 0 aliphatic carbocycles. The number of ether oxygens (including phenoxy) is 2. The molecule has 0 radical (unpaired) electrons. The molecule has 1 N–H and O–H groups in total. The molecule has 1 saturated heterocycles. The fourth-order valence-electron chi connectivity index (χ4n) is 4.37. The van der Waals surface area contributed by atoms with Gasteiger partial charge in [0.05, 0.1) is 25.0 Å². The van der Waals surface area contributed by atoms with E-state index >= 15 is 0 Å². The van der Waals surface area contributed by atoms with Gasteiger partial charge in [0.2, 0.25) is 0 Å². The van der Waals surface area contributed by atoms with Crippen molar-refractivity contribution in [1.82, 2.24) is 15.1 Å². The Balaban J connectivity index is 1.64. The minimum atomic E-state index is -0.730. The number of hydrogen-bond donors (Lipinski definition) is 1. The summed E-state index contributed by atoms with van der Waals surface area (Å²) in [6, 6.07) is 7.00. The summed E-state index contributed by atoms with van der Waals surface area (Å²) >= 11 is 0. The van der Waals surface area contributed by atoms with Crippen molar-refractivity contribution in [2.75, 3.05) is 25.1 Å². The normalized spacial score (nSPS) is 17.9. The minimum Gasteiger partial charge on any atom is -0.456 e. The zero-order valence-corrected chi connectivity index (χ0v) is 18.3. The first-order chi connectivity index (χ1) is 15.9. The molecule has 1 atom stereocenters. The smallest absolute Gasteiger partial charge is 0.414 e. The van der Waals surface area contributed by atoms with Crippen LogP contribution in [0.25, 0.3) is 11.1 Å². The van der Waals surface area contributed by atoms with Crippen LogP contribution >= 0.6 is 0 Å². The summed E-state index contributed by atoms with van der Waals surface area (Å²) in [7, 11) is 1.34. The number of methoxy groups -OCH3 is 1. The number of halogens is 2. The third kappa shape index (κ3) is 3.93. The van der Waals surface area contributed by atoms with Crippen molar-refractivity contribution in [2.24, 2.45) is 0 Å². The first kappa shape index (κ1) is 21.4. The van der Waals surface area contributed by atoms with Gasteiger partial charge in [-0.05, 0) is 31.9 Å². The number of fused-ring (bicyclic) bond motifs is 1. The summed E-state index contributed by atoms with van der Waals surface area (Å²) in [5.74, 6) is -0.969. The highest BCUT2D eigenvalue weighted by molar-refractivity contribution is 5.92. The molecule has 2 aliphatic rings. The van der Waals surface area contributed by atoms with Gasteiger partial charge in [0.15, 0.2) is 0 Å². The third-order valence-electron chi connectivity index (χ3n) is 6.22. The van der Waals surface area contributed by atoms with Crippen LogP contribution in [-0.4, -0.2) is 42.1 Å². The van der Waals surface area contributed by atoms with Gasteiger partial charge in [-0.15, -0.1) is 0 Å². The Kier molecular flexibility index (Phi) is 5.49. The number of anilines is 1. The summed E-state index contributed by atoms with van der Waals surface area (Å²) in [5, 5.41) is 7.71. The minimum absolute atomic E-state index is 0.0426. The predicted molar refractivity (Wildman–Crippen MR) is 119 cm³/mol. The number of carbonyl (C=O) groups is 1. The molecular formula is C24H24F2N4O3. The number of hydrogen-bond acceptors (Lipinski definition) is 5. The van der Waals surface area contributed by atoms with E-state index in [1.54, 1.807) is 11.1 Å². The van der Waals surface area contributed by atoms with Crippen molar-refractivity contribution >= 4 is 11.8 Å². The van der Waals surface area contributed by atoms with Crippen LogP contribution in [0.15, 0.2) is 42.7 Å². The zero-order valence-electron chi connectivity index (χ0n) is 18.3. The third-order valence-corrected chi connectivity index (χ3v) is 6.22. The highest BCUT2D eigenvalue weighted by Crippen LogP contribution is 2.45. The average molecular weight is 454 g/mol. The Hall–Kier alpha value is -3.46. The SMILES string of the molecule is COC(=O)N1c2ccc(-c3cnn(C4CNC4)c3)c(Oc3cc(F)cc(F)c3)c2CCC1C. The molecule has 9 heteroatoms. The van der Waals surface area contributed by atoms with Crippen molar-refractivity contribution in [1.29, 1.82) is 0 Å². The Morgan fingerprint density at radius 3 is 2.61 bits per heavy atom. The summed E-state index contributed by atoms with van der Waals surface area (Å²) in [5.41, 5.74) is 2.99. The molecule has 172 valence electrons. The highest BCUT2D eigenvalue weighted by Gasteiger charge is 2.32. The largest absolute Gasteiger partial charge is 0.456 e. The van der Waals surface area contributed by atoms with E-state index in [0.29, 0.717) is 24.3 Å². The van der Waals surface area contributed by atoms with E-state index in [1.165, 1.54) is 7.11 Å². The molecule has 5 rings (SSSR count). The first-order valence-electron chi connectivity index (χ1n) is 10.9. The lowest BCUT2D eigenvalue weighted by atomic mass is 9.92. The molecule has 1 amide bonds. The van der Waals surface area contributed by atoms with Gasteiger partial charge >= 0.3 is 6.09 Å². The topological polar surface area (TPSA) is 68.6 Å². The molecule has 33 heavy (non-hydrogen) atoms. The van der Waals surface area contributed by atoms with E-state index in [2.05, 4.69) is 10.4 Å². The van der Waals surface area contributed by atoms with Crippen molar-refractivity contribution in [3.63, 3.8) is 0 Å². The van der Waals surface area contributed by atoms with Gasteiger partial charge in [0, 0.05) is 60.2 Å². The molecule has 1 unspecified atom stereocenters. The van der Waals surface area contributed by atoms with E-state index in [-0.39, 0.29) is 17.8 Å². The molecule has 2 aliphatic heterocycles. The quantitative estimate of drug-likeness (QED) is 0.621. The van der Waals surface area contributed by atoms with Crippen molar-refractivity contribution < 1.29 is 23.0 Å². The highest BCUT2D eigenvalue weighted by atomic mass is 19.1. The van der Waals surface area contributed by atoms with Gasteiger partial charge in [0.1, 0.15) is 23.1 Å². The Morgan fingerprint density at radius 1 is 1.18 bits per heavy atom. The van der Waals surface area contributed by atoms with Crippen LogP contribution < -0.4 is 15.0 Å². The maximum absolute atomic E-state index is 13.9. The fourth-order valence-corrected chi connectivity index (χ4v) is 4.37. The van der Waals surface area contributed by atoms with Crippen LogP contribution in [0.4, 0.5) is 19.3 Å². The first-order valence-corrected chi connectivity index (χ1v) is 10.9. The van der Waals surface area contributed by atoms with Crippen LogP contribution in [0.5, 0.6) is 11.5 Å².